The van der Waals surface area contributed by atoms with E-state index < -0.39 is 0 Å². The molecule has 70 valence electrons. The number of hydrogen-bond donors (Lipinski definition) is 1. The Morgan fingerprint density at radius 1 is 1.50 bits per heavy atom. The number of thioether (sulfide) groups is 1. The van der Waals surface area contributed by atoms with Crippen LogP contribution in [0.1, 0.15) is 6.92 Å². The first kappa shape index (κ1) is 9.10. The van der Waals surface area contributed by atoms with Crippen LogP contribution in [0, 0.1) is 11.3 Å². The van der Waals surface area contributed by atoms with Crippen LogP contribution < -0.4 is 0 Å². The Hall–Kier alpha value is -1.47. The fourth-order valence-electron chi connectivity index (χ4n) is 1.18. The number of imidazole rings is 1. The van der Waals surface area contributed by atoms with E-state index in [2.05, 4.69) is 16.0 Å². The number of H-pyrrole nitrogens is 1. The Morgan fingerprint density at radius 2 is 2.29 bits per heavy atom. The first-order valence-corrected chi connectivity index (χ1v) is 5.18. The molecule has 1 N–H and O–H groups in total. The third-order valence-electron chi connectivity index (χ3n) is 1.84. The van der Waals surface area contributed by atoms with Crippen molar-refractivity contribution in [3.05, 3.63) is 24.3 Å². The zero-order valence-corrected chi connectivity index (χ0v) is 8.51. The molecule has 0 bridgehead atoms. The van der Waals surface area contributed by atoms with E-state index in [1.54, 1.807) is 0 Å². The van der Waals surface area contributed by atoms with Gasteiger partial charge in [0.25, 0.3) is 0 Å². The second-order valence-corrected chi connectivity index (χ2v) is 4.28. The van der Waals surface area contributed by atoms with E-state index in [0.717, 1.165) is 16.2 Å². The van der Waals surface area contributed by atoms with Crippen LogP contribution in [0.4, 0.5) is 0 Å². The smallest absolute Gasteiger partial charge is 0.167 e. The maximum atomic E-state index is 8.66. The lowest BCUT2D eigenvalue weighted by Crippen LogP contribution is -1.89. The van der Waals surface area contributed by atoms with E-state index in [9.17, 15) is 0 Å². The van der Waals surface area contributed by atoms with E-state index in [-0.39, 0.29) is 5.25 Å². The summed E-state index contributed by atoms with van der Waals surface area (Å²) in [5, 5.41) is 9.39. The van der Waals surface area contributed by atoms with Crippen LogP contribution in [0.15, 0.2) is 29.4 Å². The van der Waals surface area contributed by atoms with Crippen molar-refractivity contribution in [2.75, 3.05) is 0 Å². The van der Waals surface area contributed by atoms with Crippen LogP contribution in [-0.2, 0) is 0 Å². The average Bonchev–Trinajstić information content (AvgIpc) is 2.59. The molecule has 1 aromatic carbocycles. The van der Waals surface area contributed by atoms with Crippen LogP contribution in [0.25, 0.3) is 11.0 Å². The Balaban J connectivity index is 2.32. The molecule has 0 saturated carbocycles. The van der Waals surface area contributed by atoms with Gasteiger partial charge >= 0.3 is 0 Å². The number of nitriles is 1. The number of benzene rings is 1. The van der Waals surface area contributed by atoms with Gasteiger partial charge in [-0.3, -0.25) is 0 Å². The highest BCUT2D eigenvalue weighted by Crippen LogP contribution is 2.22. The molecule has 0 amide bonds. The minimum absolute atomic E-state index is 0.0736. The fraction of sp³-hybridized carbons (Fsp3) is 0.200. The number of hydrogen-bond acceptors (Lipinski definition) is 3. The van der Waals surface area contributed by atoms with Gasteiger partial charge in [-0.15, -0.1) is 0 Å². The Kier molecular flexibility index (Phi) is 2.42. The Bertz CT molecular complexity index is 450. The van der Waals surface area contributed by atoms with Gasteiger partial charge in [0.2, 0.25) is 0 Å². The van der Waals surface area contributed by atoms with E-state index in [0.29, 0.717) is 0 Å². The van der Waals surface area contributed by atoms with Gasteiger partial charge in [0.15, 0.2) is 5.16 Å². The van der Waals surface area contributed by atoms with Crippen LogP contribution in [0.5, 0.6) is 0 Å². The van der Waals surface area contributed by atoms with Crippen molar-refractivity contribution >= 4 is 22.8 Å². The second-order valence-electron chi connectivity index (χ2n) is 2.95. The third kappa shape index (κ3) is 1.73. The van der Waals surface area contributed by atoms with Crippen LogP contribution in [0.3, 0.4) is 0 Å². The molecule has 4 heteroatoms. The molecule has 2 aromatic rings. The van der Waals surface area contributed by atoms with E-state index in [1.165, 1.54) is 11.8 Å². The molecule has 1 aromatic heterocycles. The molecule has 1 heterocycles. The normalized spacial score (nSPS) is 12.6. The summed E-state index contributed by atoms with van der Waals surface area (Å²) in [4.78, 5) is 7.52. The Labute approximate surface area is 86.2 Å². The van der Waals surface area contributed by atoms with Crippen molar-refractivity contribution in [1.29, 1.82) is 5.26 Å². The fourth-order valence-corrected chi connectivity index (χ4v) is 1.89. The predicted molar refractivity (Wildman–Crippen MR) is 57.0 cm³/mol. The van der Waals surface area contributed by atoms with E-state index in [1.807, 2.05) is 31.2 Å². The molecule has 0 fully saturated rings. The van der Waals surface area contributed by atoms with Gasteiger partial charge in [-0.1, -0.05) is 23.9 Å². The molecule has 0 saturated heterocycles. The lowest BCUT2D eigenvalue weighted by molar-refractivity contribution is 1.07. The van der Waals surface area contributed by atoms with Gasteiger partial charge in [-0.25, -0.2) is 4.98 Å². The summed E-state index contributed by atoms with van der Waals surface area (Å²) in [6.07, 6.45) is 0. The maximum absolute atomic E-state index is 8.66. The molecule has 1 atom stereocenters. The summed E-state index contributed by atoms with van der Waals surface area (Å²) in [5.74, 6) is 0. The van der Waals surface area contributed by atoms with Gasteiger partial charge in [0, 0.05) is 0 Å². The molecule has 0 aliphatic rings. The molecule has 3 nitrogen and oxygen atoms in total. The van der Waals surface area contributed by atoms with E-state index in [4.69, 9.17) is 5.26 Å². The monoisotopic (exact) mass is 203 g/mol. The molecule has 0 aliphatic carbocycles. The summed E-state index contributed by atoms with van der Waals surface area (Å²) in [7, 11) is 0. The summed E-state index contributed by atoms with van der Waals surface area (Å²) in [6, 6.07) is 10.00. The van der Waals surface area contributed by atoms with Gasteiger partial charge in [0.1, 0.15) is 0 Å². The zero-order valence-electron chi connectivity index (χ0n) is 7.69. The quantitative estimate of drug-likeness (QED) is 0.763. The number of fused-ring (bicyclic) bond motifs is 1. The summed E-state index contributed by atoms with van der Waals surface area (Å²) in [5.41, 5.74) is 1.96. The van der Waals surface area contributed by atoms with Crippen LogP contribution in [0.2, 0.25) is 0 Å². The summed E-state index contributed by atoms with van der Waals surface area (Å²) < 4.78 is 0. The van der Waals surface area contributed by atoms with Crippen molar-refractivity contribution in [3.8, 4) is 6.07 Å². The molecular formula is C10H9N3S. The Morgan fingerprint density at radius 3 is 3.00 bits per heavy atom. The summed E-state index contributed by atoms with van der Waals surface area (Å²) in [6.45, 7) is 1.86. The van der Waals surface area contributed by atoms with Crippen molar-refractivity contribution in [2.45, 2.75) is 17.3 Å². The average molecular weight is 203 g/mol. The highest BCUT2D eigenvalue weighted by atomic mass is 32.2. The SMILES string of the molecule is C[C@H](C#N)Sc1nc2ccccc2[nH]1. The van der Waals surface area contributed by atoms with E-state index >= 15 is 0 Å². The van der Waals surface area contributed by atoms with Crippen LogP contribution in [-0.4, -0.2) is 15.2 Å². The number of aromatic nitrogens is 2. The topological polar surface area (TPSA) is 52.5 Å². The van der Waals surface area contributed by atoms with Crippen LogP contribution >= 0.6 is 11.8 Å². The first-order chi connectivity index (χ1) is 6.79. The van der Waals surface area contributed by atoms with Gasteiger partial charge in [-0.05, 0) is 19.1 Å². The largest absolute Gasteiger partial charge is 0.333 e. The van der Waals surface area contributed by atoms with Gasteiger partial charge in [-0.2, -0.15) is 5.26 Å². The highest BCUT2D eigenvalue weighted by Gasteiger charge is 2.06. The molecule has 0 spiro atoms. The van der Waals surface area contributed by atoms with Crippen molar-refractivity contribution in [1.82, 2.24) is 9.97 Å². The van der Waals surface area contributed by atoms with Crippen molar-refractivity contribution in [2.24, 2.45) is 0 Å². The maximum Gasteiger partial charge on any atom is 0.167 e. The predicted octanol–water partition coefficient (Wildman–Crippen LogP) is 2.57. The molecule has 0 radical (unpaired) electrons. The molecule has 2 rings (SSSR count). The molecular weight excluding hydrogens is 194 g/mol. The molecule has 14 heavy (non-hydrogen) atoms. The molecule has 0 unspecified atom stereocenters. The number of para-hydroxylation sites is 2. The zero-order chi connectivity index (χ0) is 9.97. The van der Waals surface area contributed by atoms with Crippen molar-refractivity contribution in [3.63, 3.8) is 0 Å². The minimum atomic E-state index is -0.0736. The highest BCUT2D eigenvalue weighted by molar-refractivity contribution is 8.00. The standard InChI is InChI=1S/C10H9N3S/c1-7(6-11)14-10-12-8-4-2-3-5-9(8)13-10/h2-5,7H,1H3,(H,12,13)/t7-/m1/s1. The second kappa shape index (κ2) is 3.72. The minimum Gasteiger partial charge on any atom is -0.333 e. The number of aromatic amines is 1. The number of nitrogens with zero attached hydrogens (tertiary/aromatic N) is 2. The summed E-state index contributed by atoms with van der Waals surface area (Å²) >= 11 is 1.44. The first-order valence-electron chi connectivity index (χ1n) is 4.30. The number of rotatable bonds is 2. The lowest BCUT2D eigenvalue weighted by Gasteiger charge is -1.95. The van der Waals surface area contributed by atoms with Gasteiger partial charge < -0.3 is 4.98 Å². The third-order valence-corrected chi connectivity index (χ3v) is 2.71. The number of nitrogens with one attached hydrogen (secondary N) is 1. The lowest BCUT2D eigenvalue weighted by atomic mass is 10.3. The van der Waals surface area contributed by atoms with Gasteiger partial charge in [0.05, 0.1) is 22.4 Å². The molecule has 0 aliphatic heterocycles. The van der Waals surface area contributed by atoms with Crippen molar-refractivity contribution < 1.29 is 0 Å².